The summed E-state index contributed by atoms with van der Waals surface area (Å²) in [5, 5.41) is 0. The van der Waals surface area contributed by atoms with Crippen molar-refractivity contribution in [2.24, 2.45) is 5.92 Å². The smallest absolute Gasteiger partial charge is 0.150 e. The van der Waals surface area contributed by atoms with E-state index in [1.165, 1.54) is 0 Å². The zero-order valence-electron chi connectivity index (χ0n) is 10.1. The maximum Gasteiger partial charge on any atom is 0.150 e. The Kier molecular flexibility index (Phi) is 3.43. The van der Waals surface area contributed by atoms with Crippen molar-refractivity contribution in [1.29, 1.82) is 0 Å². The number of hydrogen-bond acceptors (Lipinski definition) is 3. The van der Waals surface area contributed by atoms with Crippen molar-refractivity contribution in [3.63, 3.8) is 0 Å². The molecule has 2 N–H and O–H groups in total. The van der Waals surface area contributed by atoms with Gasteiger partial charge in [-0.05, 0) is 42.4 Å². The maximum atomic E-state index is 11.6. The lowest BCUT2D eigenvalue weighted by Gasteiger charge is -2.28. The average Bonchev–Trinajstić information content (AvgIpc) is 2.26. The Morgan fingerprint density at radius 3 is 2.82 bits per heavy atom. The van der Waals surface area contributed by atoms with Gasteiger partial charge < -0.3 is 5.73 Å². The number of rotatable bonds is 2. The quantitative estimate of drug-likeness (QED) is 0.822. The van der Waals surface area contributed by atoms with Gasteiger partial charge in [0.1, 0.15) is 0 Å². The maximum absolute atomic E-state index is 11.6. The van der Waals surface area contributed by atoms with Crippen molar-refractivity contribution in [3.8, 4) is 0 Å². The van der Waals surface area contributed by atoms with Crippen LogP contribution in [0.15, 0.2) is 24.3 Å². The van der Waals surface area contributed by atoms with Crippen molar-refractivity contribution in [1.82, 2.24) is 0 Å². The fraction of sp³-hybridized carbons (Fsp3) is 0.538. The number of benzene rings is 1. The Labute approximate surface area is 103 Å². The van der Waals surface area contributed by atoms with E-state index in [1.54, 1.807) is 0 Å². The van der Waals surface area contributed by atoms with Gasteiger partial charge in [-0.15, -0.1) is 0 Å². The summed E-state index contributed by atoms with van der Waals surface area (Å²) < 4.78 is 23.3. The second-order valence-electron chi connectivity index (χ2n) is 4.98. The second-order valence-corrected chi connectivity index (χ2v) is 7.20. The molecule has 1 fully saturated rings. The predicted molar refractivity (Wildman–Crippen MR) is 70.6 cm³/mol. The van der Waals surface area contributed by atoms with Crippen molar-refractivity contribution < 1.29 is 8.42 Å². The summed E-state index contributed by atoms with van der Waals surface area (Å²) in [6.07, 6.45) is 1.79. The van der Waals surface area contributed by atoms with Gasteiger partial charge >= 0.3 is 0 Å². The fourth-order valence-electron chi connectivity index (χ4n) is 2.57. The molecule has 3 nitrogen and oxygen atoms in total. The SMILES string of the molecule is CC(c1cccc(N)c1)C1CCCS(=O)(=O)C1. The van der Waals surface area contributed by atoms with Gasteiger partial charge in [-0.25, -0.2) is 8.42 Å². The van der Waals surface area contributed by atoms with Gasteiger partial charge in [0.2, 0.25) is 0 Å². The number of anilines is 1. The van der Waals surface area contributed by atoms with Crippen LogP contribution in [-0.2, 0) is 9.84 Å². The molecule has 0 aromatic heterocycles. The van der Waals surface area contributed by atoms with Crippen LogP contribution in [0.25, 0.3) is 0 Å². The van der Waals surface area contributed by atoms with Crippen LogP contribution in [0.3, 0.4) is 0 Å². The Morgan fingerprint density at radius 1 is 1.41 bits per heavy atom. The fourth-order valence-corrected chi connectivity index (χ4v) is 4.45. The molecule has 1 saturated heterocycles. The molecule has 94 valence electrons. The van der Waals surface area contributed by atoms with Crippen LogP contribution in [0.4, 0.5) is 5.69 Å². The summed E-state index contributed by atoms with van der Waals surface area (Å²) >= 11 is 0. The molecule has 0 aliphatic carbocycles. The number of nitrogens with two attached hydrogens (primary N) is 1. The van der Waals surface area contributed by atoms with Gasteiger partial charge in [0.15, 0.2) is 9.84 Å². The van der Waals surface area contributed by atoms with Crippen LogP contribution in [0.5, 0.6) is 0 Å². The number of hydrogen-bond donors (Lipinski definition) is 1. The summed E-state index contributed by atoms with van der Waals surface area (Å²) in [5.41, 5.74) is 7.65. The topological polar surface area (TPSA) is 60.2 Å². The zero-order chi connectivity index (χ0) is 12.5. The predicted octanol–water partition coefficient (Wildman–Crippen LogP) is 2.20. The molecule has 1 aromatic carbocycles. The summed E-state index contributed by atoms with van der Waals surface area (Å²) in [6.45, 7) is 2.10. The lowest BCUT2D eigenvalue weighted by molar-refractivity contribution is 0.427. The molecule has 4 heteroatoms. The van der Waals surface area contributed by atoms with Gasteiger partial charge in [0, 0.05) is 5.69 Å². The minimum atomic E-state index is -2.83. The summed E-state index contributed by atoms with van der Waals surface area (Å²) in [6, 6.07) is 7.76. The van der Waals surface area contributed by atoms with Crippen molar-refractivity contribution in [3.05, 3.63) is 29.8 Å². The van der Waals surface area contributed by atoms with E-state index in [-0.39, 0.29) is 11.8 Å². The molecule has 2 rings (SSSR count). The van der Waals surface area contributed by atoms with E-state index < -0.39 is 9.84 Å². The van der Waals surface area contributed by atoms with Gasteiger partial charge in [-0.2, -0.15) is 0 Å². The lowest BCUT2D eigenvalue weighted by atomic mass is 9.85. The normalized spacial score (nSPS) is 25.4. The molecular weight excluding hydrogens is 234 g/mol. The highest BCUT2D eigenvalue weighted by molar-refractivity contribution is 7.91. The van der Waals surface area contributed by atoms with E-state index in [2.05, 4.69) is 6.92 Å². The van der Waals surface area contributed by atoms with E-state index in [4.69, 9.17) is 5.73 Å². The third-order valence-corrected chi connectivity index (χ3v) is 5.49. The first-order valence-electron chi connectivity index (χ1n) is 6.04. The molecule has 0 radical (unpaired) electrons. The Hall–Kier alpha value is -1.03. The van der Waals surface area contributed by atoms with E-state index in [0.29, 0.717) is 11.5 Å². The highest BCUT2D eigenvalue weighted by Crippen LogP contribution is 2.32. The minimum absolute atomic E-state index is 0.232. The van der Waals surface area contributed by atoms with E-state index in [1.807, 2.05) is 24.3 Å². The van der Waals surface area contributed by atoms with E-state index in [9.17, 15) is 8.42 Å². The van der Waals surface area contributed by atoms with E-state index >= 15 is 0 Å². The Balaban J connectivity index is 2.17. The monoisotopic (exact) mass is 253 g/mol. The molecule has 0 spiro atoms. The van der Waals surface area contributed by atoms with Crippen LogP contribution < -0.4 is 5.73 Å². The first-order valence-corrected chi connectivity index (χ1v) is 7.86. The highest BCUT2D eigenvalue weighted by atomic mass is 32.2. The zero-order valence-corrected chi connectivity index (χ0v) is 10.9. The van der Waals surface area contributed by atoms with E-state index in [0.717, 1.165) is 24.1 Å². The Morgan fingerprint density at radius 2 is 2.18 bits per heavy atom. The highest BCUT2D eigenvalue weighted by Gasteiger charge is 2.29. The van der Waals surface area contributed by atoms with Crippen molar-refractivity contribution in [2.75, 3.05) is 17.2 Å². The number of sulfone groups is 1. The molecule has 2 atom stereocenters. The molecule has 1 aromatic rings. The summed E-state index contributed by atoms with van der Waals surface area (Å²) in [7, 11) is -2.83. The molecule has 2 unspecified atom stereocenters. The second kappa shape index (κ2) is 4.69. The third kappa shape index (κ3) is 3.00. The standard InChI is InChI=1S/C13H19NO2S/c1-10(11-4-2-6-13(14)8-11)12-5-3-7-17(15,16)9-12/h2,4,6,8,10,12H,3,5,7,9,14H2,1H3. The first kappa shape index (κ1) is 12.4. The van der Waals surface area contributed by atoms with Crippen LogP contribution in [-0.4, -0.2) is 19.9 Å². The van der Waals surface area contributed by atoms with Crippen LogP contribution >= 0.6 is 0 Å². The van der Waals surface area contributed by atoms with Gasteiger partial charge in [-0.3, -0.25) is 0 Å². The summed E-state index contributed by atoms with van der Waals surface area (Å²) in [5.74, 6) is 1.17. The molecular formula is C13H19NO2S. The molecule has 0 saturated carbocycles. The molecule has 0 bridgehead atoms. The van der Waals surface area contributed by atoms with Gasteiger partial charge in [-0.1, -0.05) is 19.1 Å². The molecule has 1 heterocycles. The van der Waals surface area contributed by atoms with Crippen molar-refractivity contribution in [2.45, 2.75) is 25.7 Å². The average molecular weight is 253 g/mol. The van der Waals surface area contributed by atoms with Crippen LogP contribution in [0.2, 0.25) is 0 Å². The van der Waals surface area contributed by atoms with Gasteiger partial charge in [0.05, 0.1) is 11.5 Å². The largest absolute Gasteiger partial charge is 0.399 e. The third-order valence-electron chi connectivity index (χ3n) is 3.64. The molecule has 1 aliphatic heterocycles. The molecule has 1 aliphatic rings. The van der Waals surface area contributed by atoms with Crippen molar-refractivity contribution >= 4 is 15.5 Å². The molecule has 0 amide bonds. The number of nitrogen functional groups attached to an aromatic ring is 1. The van der Waals surface area contributed by atoms with Crippen LogP contribution in [0.1, 0.15) is 31.2 Å². The summed E-state index contributed by atoms with van der Waals surface area (Å²) in [4.78, 5) is 0. The van der Waals surface area contributed by atoms with Crippen LogP contribution in [0, 0.1) is 5.92 Å². The first-order chi connectivity index (χ1) is 7.98. The lowest BCUT2D eigenvalue weighted by Crippen LogP contribution is -2.28. The van der Waals surface area contributed by atoms with Gasteiger partial charge in [0.25, 0.3) is 0 Å². The minimum Gasteiger partial charge on any atom is -0.399 e. The Bertz CT molecular complexity index is 496. The molecule has 17 heavy (non-hydrogen) atoms.